The van der Waals surface area contributed by atoms with Gasteiger partial charge in [0.25, 0.3) is 0 Å². The summed E-state index contributed by atoms with van der Waals surface area (Å²) in [5, 5.41) is 18.1. The number of carbonyl (C=O) groups is 1. The summed E-state index contributed by atoms with van der Waals surface area (Å²) in [6.07, 6.45) is -0.236. The first-order chi connectivity index (χ1) is 12.3. The maximum absolute atomic E-state index is 12.6. The zero-order valence-corrected chi connectivity index (χ0v) is 16.1. The lowest BCUT2D eigenvalue weighted by molar-refractivity contribution is 0.0971. The van der Waals surface area contributed by atoms with Gasteiger partial charge in [0.2, 0.25) is 0 Å². The number of aryl methyl sites for hydroxylation is 1. The molecule has 5 heteroatoms. The number of rotatable bonds is 9. The Morgan fingerprint density at radius 1 is 1.31 bits per heavy atom. The first-order valence-corrected chi connectivity index (χ1v) is 8.99. The summed E-state index contributed by atoms with van der Waals surface area (Å²) in [6.45, 7) is 12.7. The second-order valence-electron chi connectivity index (χ2n) is 6.93. The largest absolute Gasteiger partial charge is 0.387 e. The Labute approximate surface area is 155 Å². The molecule has 0 radical (unpaired) electrons. The number of hydrogen-bond acceptors (Lipinski definition) is 4. The molecule has 0 aliphatic rings. The standard InChI is InChI=1S/C21H29N3O2/c1-14(2)13-24-17(5)20(15(3)23-24)19(25)11-12-22-16(4)21(26)18-9-7-6-8-10-18/h6-10,16,21-22,26H,1,11-13H2,2-5H3. The quantitative estimate of drug-likeness (QED) is 0.535. The Kier molecular flexibility index (Phi) is 6.89. The van der Waals surface area contributed by atoms with Gasteiger partial charge in [-0.05, 0) is 33.3 Å². The van der Waals surface area contributed by atoms with Crippen LogP contribution in [0.1, 0.15) is 53.7 Å². The van der Waals surface area contributed by atoms with E-state index in [-0.39, 0.29) is 11.8 Å². The van der Waals surface area contributed by atoms with Gasteiger partial charge in [-0.15, -0.1) is 0 Å². The lowest BCUT2D eigenvalue weighted by Crippen LogP contribution is -2.33. The molecule has 1 heterocycles. The van der Waals surface area contributed by atoms with Gasteiger partial charge < -0.3 is 10.4 Å². The van der Waals surface area contributed by atoms with Gasteiger partial charge in [0, 0.05) is 24.7 Å². The number of aromatic nitrogens is 2. The Balaban J connectivity index is 1.93. The van der Waals surface area contributed by atoms with Crippen molar-refractivity contribution in [1.82, 2.24) is 15.1 Å². The molecule has 1 aromatic carbocycles. The van der Waals surface area contributed by atoms with E-state index in [1.807, 2.05) is 62.7 Å². The molecule has 0 fully saturated rings. The minimum atomic E-state index is -0.604. The number of benzene rings is 1. The van der Waals surface area contributed by atoms with Crippen molar-refractivity contribution in [1.29, 1.82) is 0 Å². The molecular weight excluding hydrogens is 326 g/mol. The van der Waals surface area contributed by atoms with E-state index in [9.17, 15) is 9.90 Å². The highest BCUT2D eigenvalue weighted by molar-refractivity contribution is 5.98. The Bertz CT molecular complexity index is 765. The molecule has 0 aliphatic heterocycles. The van der Waals surface area contributed by atoms with E-state index >= 15 is 0 Å². The first-order valence-electron chi connectivity index (χ1n) is 8.99. The average molecular weight is 355 g/mol. The summed E-state index contributed by atoms with van der Waals surface area (Å²) >= 11 is 0. The Morgan fingerprint density at radius 3 is 2.58 bits per heavy atom. The fraction of sp³-hybridized carbons (Fsp3) is 0.429. The molecule has 0 bridgehead atoms. The highest BCUT2D eigenvalue weighted by Crippen LogP contribution is 2.18. The SMILES string of the molecule is C=C(C)Cn1nc(C)c(C(=O)CCNC(C)C(O)c2ccccc2)c1C. The molecule has 2 atom stereocenters. The van der Waals surface area contributed by atoms with Crippen molar-refractivity contribution in [3.8, 4) is 0 Å². The van der Waals surface area contributed by atoms with Crippen LogP contribution in [0.15, 0.2) is 42.5 Å². The first kappa shape index (κ1) is 20.1. The third kappa shape index (κ3) is 4.90. The lowest BCUT2D eigenvalue weighted by Gasteiger charge is -2.20. The van der Waals surface area contributed by atoms with E-state index in [0.29, 0.717) is 25.1 Å². The minimum absolute atomic E-state index is 0.0712. The van der Waals surface area contributed by atoms with Crippen molar-refractivity contribution < 1.29 is 9.90 Å². The smallest absolute Gasteiger partial charge is 0.167 e. The van der Waals surface area contributed by atoms with Crippen molar-refractivity contribution in [2.45, 2.75) is 52.8 Å². The average Bonchev–Trinajstić information content (AvgIpc) is 2.87. The van der Waals surface area contributed by atoms with Crippen LogP contribution < -0.4 is 5.32 Å². The van der Waals surface area contributed by atoms with Gasteiger partial charge in [-0.3, -0.25) is 9.48 Å². The predicted octanol–water partition coefficient (Wildman–Crippen LogP) is 3.36. The minimum Gasteiger partial charge on any atom is -0.387 e. The Morgan fingerprint density at radius 2 is 1.96 bits per heavy atom. The summed E-state index contributed by atoms with van der Waals surface area (Å²) < 4.78 is 1.83. The topological polar surface area (TPSA) is 67.2 Å². The summed E-state index contributed by atoms with van der Waals surface area (Å²) in [6, 6.07) is 9.39. The highest BCUT2D eigenvalue weighted by atomic mass is 16.3. The fourth-order valence-corrected chi connectivity index (χ4v) is 3.10. The second kappa shape index (κ2) is 8.92. The predicted molar refractivity (Wildman–Crippen MR) is 104 cm³/mol. The molecular formula is C21H29N3O2. The van der Waals surface area contributed by atoms with Crippen LogP contribution in [0.4, 0.5) is 0 Å². The molecule has 1 aromatic heterocycles. The van der Waals surface area contributed by atoms with Crippen molar-refractivity contribution >= 4 is 5.78 Å². The molecule has 26 heavy (non-hydrogen) atoms. The van der Waals surface area contributed by atoms with Crippen LogP contribution in [0.5, 0.6) is 0 Å². The summed E-state index contributed by atoms with van der Waals surface area (Å²) in [7, 11) is 0. The maximum Gasteiger partial charge on any atom is 0.167 e. The molecule has 0 aliphatic carbocycles. The Hall–Kier alpha value is -2.24. The lowest BCUT2D eigenvalue weighted by atomic mass is 10.0. The molecule has 2 unspecified atom stereocenters. The molecule has 5 nitrogen and oxygen atoms in total. The van der Waals surface area contributed by atoms with Gasteiger partial charge in [0.05, 0.1) is 23.9 Å². The van der Waals surface area contributed by atoms with Gasteiger partial charge in [0.1, 0.15) is 0 Å². The van der Waals surface area contributed by atoms with Crippen LogP contribution in [-0.4, -0.2) is 33.3 Å². The zero-order chi connectivity index (χ0) is 19.3. The fourth-order valence-electron chi connectivity index (χ4n) is 3.10. The number of allylic oxidation sites excluding steroid dienone is 1. The number of nitrogens with one attached hydrogen (secondary N) is 1. The third-order valence-electron chi connectivity index (χ3n) is 4.51. The van der Waals surface area contributed by atoms with Crippen LogP contribution >= 0.6 is 0 Å². The van der Waals surface area contributed by atoms with Gasteiger partial charge in [0.15, 0.2) is 5.78 Å². The number of hydrogen-bond donors (Lipinski definition) is 2. The number of ketones is 1. The maximum atomic E-state index is 12.6. The highest BCUT2D eigenvalue weighted by Gasteiger charge is 2.20. The van der Waals surface area contributed by atoms with Gasteiger partial charge in [-0.2, -0.15) is 5.10 Å². The van der Waals surface area contributed by atoms with Crippen molar-refractivity contribution in [3.05, 3.63) is 65.0 Å². The summed E-state index contributed by atoms with van der Waals surface area (Å²) in [5.74, 6) is 0.0712. The molecule has 0 saturated heterocycles. The monoisotopic (exact) mass is 355 g/mol. The second-order valence-corrected chi connectivity index (χ2v) is 6.93. The number of aliphatic hydroxyl groups excluding tert-OH is 1. The van der Waals surface area contributed by atoms with E-state index in [2.05, 4.69) is 17.0 Å². The molecule has 140 valence electrons. The summed E-state index contributed by atoms with van der Waals surface area (Å²) in [5.41, 5.74) is 4.20. The third-order valence-corrected chi connectivity index (χ3v) is 4.51. The molecule has 2 rings (SSSR count). The number of nitrogens with zero attached hydrogens (tertiary/aromatic N) is 2. The molecule has 0 saturated carbocycles. The van der Waals surface area contributed by atoms with Crippen LogP contribution in [0.2, 0.25) is 0 Å². The van der Waals surface area contributed by atoms with Crippen LogP contribution in [0.25, 0.3) is 0 Å². The van der Waals surface area contributed by atoms with Gasteiger partial charge >= 0.3 is 0 Å². The molecule has 2 aromatic rings. The molecule has 2 N–H and O–H groups in total. The number of aliphatic hydroxyl groups is 1. The number of Topliss-reactive ketones (excluding diaryl/α,β-unsaturated/α-hetero) is 1. The normalized spacial score (nSPS) is 13.4. The zero-order valence-electron chi connectivity index (χ0n) is 16.1. The molecule has 0 amide bonds. The van der Waals surface area contributed by atoms with E-state index in [4.69, 9.17) is 0 Å². The van der Waals surface area contributed by atoms with Crippen LogP contribution in [0, 0.1) is 13.8 Å². The van der Waals surface area contributed by atoms with Crippen LogP contribution in [-0.2, 0) is 6.54 Å². The van der Waals surface area contributed by atoms with Crippen molar-refractivity contribution in [2.75, 3.05) is 6.54 Å². The van der Waals surface area contributed by atoms with E-state index in [1.54, 1.807) is 0 Å². The van der Waals surface area contributed by atoms with Gasteiger partial charge in [-0.1, -0.05) is 42.5 Å². The van der Waals surface area contributed by atoms with Crippen molar-refractivity contribution in [3.63, 3.8) is 0 Å². The van der Waals surface area contributed by atoms with E-state index in [1.165, 1.54) is 0 Å². The summed E-state index contributed by atoms with van der Waals surface area (Å²) in [4.78, 5) is 12.6. The van der Waals surface area contributed by atoms with Crippen molar-refractivity contribution in [2.24, 2.45) is 0 Å². The van der Waals surface area contributed by atoms with E-state index < -0.39 is 6.10 Å². The number of carbonyl (C=O) groups excluding carboxylic acids is 1. The van der Waals surface area contributed by atoms with Gasteiger partial charge in [-0.25, -0.2) is 0 Å². The van der Waals surface area contributed by atoms with E-state index in [0.717, 1.165) is 22.5 Å². The van der Waals surface area contributed by atoms with Crippen LogP contribution in [0.3, 0.4) is 0 Å². The molecule has 0 spiro atoms.